The van der Waals surface area contributed by atoms with Crippen molar-refractivity contribution in [2.45, 2.75) is 26.4 Å². The van der Waals surface area contributed by atoms with Crippen LogP contribution in [0.4, 0.5) is 0 Å². The summed E-state index contributed by atoms with van der Waals surface area (Å²) in [7, 11) is 0. The molecule has 1 rings (SSSR count). The average molecular weight is 259 g/mol. The maximum Gasteiger partial charge on any atom is 0.659 e. The summed E-state index contributed by atoms with van der Waals surface area (Å²) in [5.41, 5.74) is 0.460. The third-order valence-electron chi connectivity index (χ3n) is 1.56. The number of halogens is 1. The van der Waals surface area contributed by atoms with Crippen molar-refractivity contribution in [2.75, 3.05) is 0 Å². The second kappa shape index (κ2) is 4.13. The minimum atomic E-state index is -0.265. The van der Waals surface area contributed by atoms with Gasteiger partial charge in [0, 0.05) is 25.2 Å². The van der Waals surface area contributed by atoms with Crippen LogP contribution in [-0.2, 0) is 0 Å². The summed E-state index contributed by atoms with van der Waals surface area (Å²) < 4.78 is 5.03. The summed E-state index contributed by atoms with van der Waals surface area (Å²) in [5.74, 6) is 0.0741. The number of ether oxygens (including phenoxy) is 1. The van der Waals surface area contributed by atoms with Gasteiger partial charge in [-0.1, -0.05) is 12.1 Å². The van der Waals surface area contributed by atoms with Crippen LogP contribution in [0.1, 0.15) is 26.3 Å². The fourth-order valence-corrected chi connectivity index (χ4v) is 1.48. The van der Waals surface area contributed by atoms with Crippen LogP contribution in [0.5, 0.6) is 0 Å². The van der Waals surface area contributed by atoms with Crippen LogP contribution >= 0.6 is 15.9 Å². The zero-order chi connectivity index (χ0) is 10.8. The van der Waals surface area contributed by atoms with Crippen molar-refractivity contribution < 1.29 is 9.53 Å². The molecule has 2 nitrogen and oxygen atoms in total. The van der Waals surface area contributed by atoms with E-state index in [1.807, 2.05) is 45.0 Å². The quantitative estimate of drug-likeness (QED) is 0.549. The number of rotatable bonds is 1. The van der Waals surface area contributed by atoms with Gasteiger partial charge in [-0.25, -0.2) is 0 Å². The summed E-state index contributed by atoms with van der Waals surface area (Å²) in [4.78, 5) is 9.76. The number of aliphatic hydroxyl groups is 1. The normalized spacial score (nSPS) is 11.1. The highest BCUT2D eigenvalue weighted by Crippen LogP contribution is 2.17. The summed E-state index contributed by atoms with van der Waals surface area (Å²) in [6, 6.07) is 7.48. The molecular weight excluding hydrogens is 244 g/mol. The van der Waals surface area contributed by atoms with Gasteiger partial charge in [0.25, 0.3) is 0 Å². The van der Waals surface area contributed by atoms with E-state index in [2.05, 4.69) is 20.7 Å². The third-order valence-corrected chi connectivity index (χ3v) is 2.25. The molecule has 1 aromatic carbocycles. The van der Waals surface area contributed by atoms with Crippen molar-refractivity contribution in [3.8, 4) is 0 Å². The molecule has 0 aliphatic heterocycles. The number of carboxylic acids is 1. The van der Waals surface area contributed by atoms with Gasteiger partial charge in [0.05, 0.1) is 0 Å². The molecule has 1 aromatic rings. The number of hydrogen-bond donors (Lipinski definition) is 0. The van der Waals surface area contributed by atoms with Crippen LogP contribution in [0.2, 0.25) is 0 Å². The minimum Gasteiger partial charge on any atom is -0.506 e. The molecule has 0 saturated heterocycles. The monoisotopic (exact) mass is 258 g/mol. The highest BCUT2D eigenvalue weighted by molar-refractivity contribution is 9.10. The largest absolute Gasteiger partial charge is 0.659 e. The van der Waals surface area contributed by atoms with Gasteiger partial charge in [-0.3, -0.25) is 0 Å². The molecule has 0 heterocycles. The van der Waals surface area contributed by atoms with Crippen LogP contribution in [-0.4, -0.2) is 21.1 Å². The van der Waals surface area contributed by atoms with E-state index in [0.717, 1.165) is 10.0 Å². The van der Waals surface area contributed by atoms with E-state index in [-0.39, 0.29) is 11.6 Å². The smallest absolute Gasteiger partial charge is 0.506 e. The van der Waals surface area contributed by atoms with E-state index in [0.29, 0.717) is 0 Å². The summed E-state index contributed by atoms with van der Waals surface area (Å²) >= 11 is 3.36. The molecule has 0 saturated carbocycles. The van der Waals surface area contributed by atoms with Crippen molar-refractivity contribution in [3.63, 3.8) is 0 Å². The Balaban J connectivity index is 2.86. The van der Waals surface area contributed by atoms with Gasteiger partial charge in [0.2, 0.25) is 0 Å². The molecule has 0 atom stereocenters. The standard InChI is InChI=1S/C11H13BrO2/c1-11(2,3)14-10(13)8-6-4-5-7-9(8)12/h4-7H,1-3H3/p+2. The van der Waals surface area contributed by atoms with E-state index in [4.69, 9.17) is 0 Å². The first kappa shape index (κ1) is 11.2. The number of benzene rings is 1. The lowest BCUT2D eigenvalue weighted by Gasteiger charge is -2.13. The van der Waals surface area contributed by atoms with Crippen molar-refractivity contribution in [2.24, 2.45) is 0 Å². The van der Waals surface area contributed by atoms with E-state index in [1.165, 1.54) is 0 Å². The second-order valence-corrected chi connectivity index (χ2v) is 4.94. The topological polar surface area (TPSA) is 34.2 Å². The molecular formula is C11H15BrO2+2. The zero-order valence-electron chi connectivity index (χ0n) is 8.58. The van der Waals surface area contributed by atoms with E-state index in [1.54, 1.807) is 0 Å². The van der Waals surface area contributed by atoms with Gasteiger partial charge in [0.15, 0.2) is 11.2 Å². The molecule has 0 unspecified atom stereocenters. The molecule has 0 bridgehead atoms. The molecule has 0 amide bonds. The maximum atomic E-state index is 9.76. The Morgan fingerprint density at radius 2 is 1.86 bits per heavy atom. The molecule has 0 radical (unpaired) electrons. The molecule has 0 aliphatic rings. The Labute approximate surface area is 92.4 Å². The predicted molar refractivity (Wildman–Crippen MR) is 62.2 cm³/mol. The van der Waals surface area contributed by atoms with Crippen LogP contribution in [0, 0.1) is 0 Å². The zero-order valence-corrected chi connectivity index (χ0v) is 10.2. The molecule has 0 aromatic heterocycles. The van der Waals surface area contributed by atoms with E-state index in [9.17, 15) is 4.79 Å². The molecule has 3 heteroatoms. The molecule has 76 valence electrons. The highest BCUT2D eigenvalue weighted by atomic mass is 79.9. The van der Waals surface area contributed by atoms with Crippen molar-refractivity contribution >= 4 is 21.9 Å². The van der Waals surface area contributed by atoms with Crippen LogP contribution in [0.3, 0.4) is 0 Å². The molecule has 14 heavy (non-hydrogen) atoms. The second-order valence-electron chi connectivity index (χ2n) is 4.09. The SMILES string of the molecule is CC(C)(C)[OH+]C(=[OH+])c1ccccc1Br. The molecule has 0 fully saturated rings. The first-order chi connectivity index (χ1) is 6.40. The fraction of sp³-hybridized carbons (Fsp3) is 0.364. The summed E-state index contributed by atoms with van der Waals surface area (Å²) in [6.07, 6.45) is 0. The van der Waals surface area contributed by atoms with Gasteiger partial charge >= 0.3 is 5.97 Å². The van der Waals surface area contributed by atoms with Crippen molar-refractivity contribution in [1.82, 2.24) is 0 Å². The Kier molecular flexibility index (Phi) is 3.32. The summed E-state index contributed by atoms with van der Waals surface area (Å²) in [5, 5.41) is 0. The van der Waals surface area contributed by atoms with Crippen molar-refractivity contribution in [1.29, 1.82) is 0 Å². The molecule has 0 spiro atoms. The Bertz CT molecular complexity index is 339. The maximum absolute atomic E-state index is 9.76. The minimum absolute atomic E-state index is 0.0741. The number of aromatic carboxylic acids is 1. The van der Waals surface area contributed by atoms with E-state index >= 15 is 0 Å². The Hall–Kier alpha value is -0.830. The lowest BCUT2D eigenvalue weighted by atomic mass is 10.2. The Morgan fingerprint density at radius 3 is 2.36 bits per heavy atom. The highest BCUT2D eigenvalue weighted by Gasteiger charge is 2.30. The summed E-state index contributed by atoms with van der Waals surface area (Å²) in [6.45, 7) is 5.83. The van der Waals surface area contributed by atoms with Crippen LogP contribution in [0.25, 0.3) is 0 Å². The van der Waals surface area contributed by atoms with Gasteiger partial charge in [-0.15, -0.1) is 0 Å². The van der Waals surface area contributed by atoms with Crippen molar-refractivity contribution in [3.05, 3.63) is 34.3 Å². The van der Waals surface area contributed by atoms with Gasteiger partial charge in [-0.05, 0) is 28.1 Å². The molecule has 0 aliphatic carbocycles. The first-order valence-corrected chi connectivity index (χ1v) is 5.23. The lowest BCUT2D eigenvalue weighted by molar-refractivity contribution is -0.0420. The number of hydrogen-bond acceptors (Lipinski definition) is 0. The third kappa shape index (κ3) is 3.14. The van der Waals surface area contributed by atoms with Gasteiger partial charge in [0.1, 0.15) is 0 Å². The van der Waals surface area contributed by atoms with E-state index < -0.39 is 0 Å². The fourth-order valence-electron chi connectivity index (χ4n) is 1.02. The first-order valence-electron chi connectivity index (χ1n) is 4.44. The molecule has 2 N–H and O–H groups in total. The van der Waals surface area contributed by atoms with Crippen LogP contribution < -0.4 is 0 Å². The average Bonchev–Trinajstić information content (AvgIpc) is 2.01. The van der Waals surface area contributed by atoms with Crippen LogP contribution in [0.15, 0.2) is 28.7 Å². The lowest BCUT2D eigenvalue weighted by Crippen LogP contribution is -2.29. The predicted octanol–water partition coefficient (Wildman–Crippen LogP) is 2.63. The van der Waals surface area contributed by atoms with Gasteiger partial charge in [-0.2, -0.15) is 4.79 Å². The Morgan fingerprint density at radius 1 is 1.29 bits per heavy atom. The van der Waals surface area contributed by atoms with Gasteiger partial charge < -0.3 is 4.74 Å².